The first-order chi connectivity index (χ1) is 17.0. The van der Waals surface area contributed by atoms with Crippen molar-refractivity contribution in [3.63, 3.8) is 0 Å². The summed E-state index contributed by atoms with van der Waals surface area (Å²) in [4.78, 5) is 28.0. The first-order valence-electron chi connectivity index (χ1n) is 12.2. The summed E-state index contributed by atoms with van der Waals surface area (Å²) >= 11 is 0. The Morgan fingerprint density at radius 3 is 2.50 bits per heavy atom. The Kier molecular flexibility index (Phi) is 6.14. The number of aromatic carboxylic acids is 1. The number of hydrogen-bond acceptors (Lipinski definition) is 4. The molecule has 2 aromatic rings. The van der Waals surface area contributed by atoms with Crippen molar-refractivity contribution < 1.29 is 32.4 Å². The molecule has 36 heavy (non-hydrogen) atoms. The second-order valence-electron chi connectivity index (χ2n) is 10.2. The first kappa shape index (κ1) is 24.5. The van der Waals surface area contributed by atoms with Crippen LogP contribution in [0.15, 0.2) is 24.4 Å². The molecule has 0 radical (unpaired) electrons. The number of hydrogen-bond donors (Lipinski definition) is 1. The zero-order chi connectivity index (χ0) is 25.7. The standard InChI is InChI=1S/C25H28F3N5O3/c1-17-13-33(29-21(17)22(34)35)23(36)32-10-6-24(7-11-32)15-30(16-24)14-18-4-5-19(25(26,27)28)12-20(18)31-8-2-3-9-31/h4-5,8,12-13H,2-3,6-7,9-11,14-16H2,1H3/p+1. The number of likely N-dealkylation sites (tertiary alicyclic amines) is 2. The van der Waals surface area contributed by atoms with Crippen molar-refractivity contribution in [2.75, 3.05) is 32.7 Å². The van der Waals surface area contributed by atoms with Crippen LogP contribution in [0.5, 0.6) is 0 Å². The van der Waals surface area contributed by atoms with E-state index in [0.29, 0.717) is 30.9 Å². The lowest BCUT2D eigenvalue weighted by Gasteiger charge is -2.54. The summed E-state index contributed by atoms with van der Waals surface area (Å²) in [7, 11) is 0. The molecular weight excluding hydrogens is 475 g/mol. The third-order valence-electron chi connectivity index (χ3n) is 7.58. The third kappa shape index (κ3) is 4.63. The number of aryl methyl sites for hydroxylation is 1. The van der Waals surface area contributed by atoms with Gasteiger partial charge in [-0.3, -0.25) is 4.90 Å². The zero-order valence-corrected chi connectivity index (χ0v) is 20.1. The van der Waals surface area contributed by atoms with Gasteiger partial charge in [0.1, 0.15) is 12.8 Å². The Morgan fingerprint density at radius 1 is 1.19 bits per heavy atom. The van der Waals surface area contributed by atoms with E-state index >= 15 is 0 Å². The molecule has 0 saturated carbocycles. The van der Waals surface area contributed by atoms with Crippen LogP contribution >= 0.6 is 0 Å². The minimum atomic E-state index is -4.37. The van der Waals surface area contributed by atoms with E-state index in [9.17, 15) is 27.9 Å². The van der Waals surface area contributed by atoms with Gasteiger partial charge in [0.05, 0.1) is 5.56 Å². The largest absolute Gasteiger partial charge is 0.476 e. The van der Waals surface area contributed by atoms with Gasteiger partial charge in [-0.2, -0.15) is 23.0 Å². The highest BCUT2D eigenvalue weighted by Crippen LogP contribution is 2.42. The average molecular weight is 505 g/mol. The highest BCUT2D eigenvalue weighted by atomic mass is 19.4. The quantitative estimate of drug-likeness (QED) is 0.637. The molecule has 0 aliphatic carbocycles. The number of halogens is 3. The number of carboxylic acid groups (broad SMARTS) is 1. The van der Waals surface area contributed by atoms with E-state index in [-0.39, 0.29) is 17.1 Å². The number of aromatic nitrogens is 2. The lowest BCUT2D eigenvalue weighted by atomic mass is 9.72. The Hall–Kier alpha value is -3.21. The minimum absolute atomic E-state index is 0.0921. The van der Waals surface area contributed by atoms with Gasteiger partial charge in [0.2, 0.25) is 5.69 Å². The number of carbonyl (C=O) groups is 2. The molecule has 0 atom stereocenters. The predicted molar refractivity (Wildman–Crippen MR) is 125 cm³/mol. The minimum Gasteiger partial charge on any atom is -0.476 e. The molecule has 1 aromatic heterocycles. The van der Waals surface area contributed by atoms with Crippen molar-refractivity contribution in [2.45, 2.75) is 45.3 Å². The molecule has 1 N–H and O–H groups in total. The molecule has 5 rings (SSSR count). The van der Waals surface area contributed by atoms with Crippen molar-refractivity contribution in [3.05, 3.63) is 46.8 Å². The average Bonchev–Trinajstić information content (AvgIpc) is 3.47. The van der Waals surface area contributed by atoms with E-state index in [2.05, 4.69) is 10.00 Å². The van der Waals surface area contributed by atoms with Gasteiger partial charge in [0.25, 0.3) is 0 Å². The van der Waals surface area contributed by atoms with Gasteiger partial charge >= 0.3 is 18.2 Å². The van der Waals surface area contributed by atoms with E-state index in [1.165, 1.54) is 18.3 Å². The van der Waals surface area contributed by atoms with Gasteiger partial charge in [0.15, 0.2) is 5.69 Å². The van der Waals surface area contributed by atoms with Crippen LogP contribution in [0.4, 0.5) is 23.7 Å². The topological polar surface area (TPSA) is 81.7 Å². The van der Waals surface area contributed by atoms with E-state index < -0.39 is 17.7 Å². The summed E-state index contributed by atoms with van der Waals surface area (Å²) in [5.74, 6) is -1.16. The van der Waals surface area contributed by atoms with Crippen LogP contribution in [-0.4, -0.2) is 80.2 Å². The maximum absolute atomic E-state index is 13.3. The van der Waals surface area contributed by atoms with Crippen molar-refractivity contribution in [2.24, 2.45) is 5.41 Å². The van der Waals surface area contributed by atoms with E-state index in [1.807, 2.05) is 10.8 Å². The van der Waals surface area contributed by atoms with Crippen LogP contribution < -0.4 is 0 Å². The van der Waals surface area contributed by atoms with Crippen LogP contribution in [0.25, 0.3) is 0 Å². The molecule has 2 fully saturated rings. The molecule has 0 unspecified atom stereocenters. The Balaban J connectivity index is 1.20. The molecule has 8 nitrogen and oxygen atoms in total. The molecule has 1 aromatic carbocycles. The van der Waals surface area contributed by atoms with Gasteiger partial charge in [0, 0.05) is 69.0 Å². The van der Waals surface area contributed by atoms with Crippen LogP contribution in [0, 0.1) is 12.3 Å². The fourth-order valence-electron chi connectivity index (χ4n) is 5.62. The molecule has 1 amide bonds. The monoisotopic (exact) mass is 504 g/mol. The van der Waals surface area contributed by atoms with Crippen LogP contribution in [0.2, 0.25) is 0 Å². The molecule has 0 bridgehead atoms. The Labute approximate surface area is 206 Å². The first-order valence-corrected chi connectivity index (χ1v) is 12.2. The number of alkyl halides is 3. The molecular formula is C25H29F3N5O3+. The fraction of sp³-hybridized carbons (Fsp3) is 0.520. The second kappa shape index (κ2) is 9.02. The van der Waals surface area contributed by atoms with Gasteiger partial charge in [-0.25, -0.2) is 14.2 Å². The highest BCUT2D eigenvalue weighted by Gasteiger charge is 2.46. The van der Waals surface area contributed by atoms with Crippen LogP contribution in [-0.2, 0) is 12.7 Å². The van der Waals surface area contributed by atoms with E-state index in [4.69, 9.17) is 0 Å². The number of amides is 1. The summed E-state index contributed by atoms with van der Waals surface area (Å²) in [5, 5.41) is 13.1. The second-order valence-corrected chi connectivity index (χ2v) is 10.2. The Morgan fingerprint density at radius 2 is 1.92 bits per heavy atom. The van der Waals surface area contributed by atoms with Crippen molar-refractivity contribution in [1.29, 1.82) is 0 Å². The van der Waals surface area contributed by atoms with Crippen molar-refractivity contribution in [3.8, 4) is 0 Å². The van der Waals surface area contributed by atoms with Gasteiger partial charge in [-0.1, -0.05) is 6.07 Å². The molecule has 3 aliphatic rings. The normalized spacial score (nSPS) is 19.9. The summed E-state index contributed by atoms with van der Waals surface area (Å²) in [5.41, 5.74) is 1.32. The summed E-state index contributed by atoms with van der Waals surface area (Å²) in [6.45, 7) is 5.72. The van der Waals surface area contributed by atoms with E-state index in [1.54, 1.807) is 17.9 Å². The SMILES string of the molecule is Cc1cn(C(=O)N2CCC3(CC2)CN(Cc2ccc(C(F)(F)F)cc2[N+]2=CCCC2)C3)nc1C(=O)O. The number of rotatable bonds is 4. The van der Waals surface area contributed by atoms with Gasteiger partial charge < -0.3 is 10.0 Å². The summed E-state index contributed by atoms with van der Waals surface area (Å²) in [6, 6.07) is 3.71. The smallest absolute Gasteiger partial charge is 0.416 e. The summed E-state index contributed by atoms with van der Waals surface area (Å²) < 4.78 is 43.0. The summed E-state index contributed by atoms with van der Waals surface area (Å²) in [6.07, 6.45) is 2.50. The zero-order valence-electron chi connectivity index (χ0n) is 20.1. The molecule has 192 valence electrons. The maximum atomic E-state index is 13.3. The molecule has 11 heteroatoms. The lowest BCUT2D eigenvalue weighted by Crippen LogP contribution is -2.60. The number of carboxylic acids is 1. The molecule has 2 saturated heterocycles. The lowest BCUT2D eigenvalue weighted by molar-refractivity contribution is -0.427. The number of benzene rings is 1. The van der Waals surface area contributed by atoms with Crippen molar-refractivity contribution >= 4 is 23.9 Å². The number of carbonyl (C=O) groups excluding carboxylic acids is 1. The molecule has 3 aliphatic heterocycles. The van der Waals surface area contributed by atoms with Gasteiger partial charge in [-0.05, 0) is 31.2 Å². The van der Waals surface area contributed by atoms with Crippen LogP contribution in [0.3, 0.4) is 0 Å². The van der Waals surface area contributed by atoms with Gasteiger partial charge in [-0.15, -0.1) is 0 Å². The van der Waals surface area contributed by atoms with Crippen LogP contribution in [0.1, 0.15) is 52.9 Å². The highest BCUT2D eigenvalue weighted by molar-refractivity contribution is 5.88. The molecule has 4 heterocycles. The fourth-order valence-corrected chi connectivity index (χ4v) is 5.62. The predicted octanol–water partition coefficient (Wildman–Crippen LogP) is 3.98. The van der Waals surface area contributed by atoms with Crippen molar-refractivity contribution in [1.82, 2.24) is 19.6 Å². The number of piperidine rings is 1. The maximum Gasteiger partial charge on any atom is 0.416 e. The van der Waals surface area contributed by atoms with E-state index in [0.717, 1.165) is 55.6 Å². The third-order valence-corrected chi connectivity index (χ3v) is 7.58. The Bertz CT molecular complexity index is 1220. The number of nitrogens with zero attached hydrogens (tertiary/aromatic N) is 5. The molecule has 1 spiro atoms.